The Kier molecular flexibility index (Phi) is 4.70. The number of nitrogens with one attached hydrogen (secondary N) is 1. The number of rotatable bonds is 4. The lowest BCUT2D eigenvalue weighted by Crippen LogP contribution is -2.19. The topological polar surface area (TPSA) is 55.4 Å². The summed E-state index contributed by atoms with van der Waals surface area (Å²) in [5.74, 6) is -0.0263. The summed E-state index contributed by atoms with van der Waals surface area (Å²) in [6, 6.07) is 4.09. The van der Waals surface area contributed by atoms with Gasteiger partial charge >= 0.3 is 6.18 Å². The maximum atomic E-state index is 12.0. The summed E-state index contributed by atoms with van der Waals surface area (Å²) >= 11 is 1.80. The van der Waals surface area contributed by atoms with Gasteiger partial charge in [-0.1, -0.05) is 0 Å². The summed E-state index contributed by atoms with van der Waals surface area (Å²) in [6.07, 6.45) is -3.50. The molecule has 0 fully saturated rings. The van der Waals surface area contributed by atoms with Crippen LogP contribution in [0.3, 0.4) is 0 Å². The molecule has 1 aromatic carbocycles. The van der Waals surface area contributed by atoms with E-state index in [-0.39, 0.29) is 11.4 Å². The quantitative estimate of drug-likeness (QED) is 0.798. The average Bonchev–Trinajstić information content (AvgIpc) is 2.15. The van der Waals surface area contributed by atoms with Crippen LogP contribution in [-0.4, -0.2) is 27.5 Å². The van der Waals surface area contributed by atoms with Crippen molar-refractivity contribution in [1.29, 1.82) is 0 Å². The minimum Gasteiger partial charge on any atom is -0.483 e. The van der Waals surface area contributed by atoms with Crippen molar-refractivity contribution >= 4 is 38.3 Å². The van der Waals surface area contributed by atoms with Gasteiger partial charge in [0, 0.05) is 6.07 Å². The van der Waals surface area contributed by atoms with Gasteiger partial charge < -0.3 is 4.74 Å². The Morgan fingerprint density at radius 1 is 1.39 bits per heavy atom. The third-order valence-electron chi connectivity index (χ3n) is 1.63. The lowest BCUT2D eigenvalue weighted by molar-refractivity contribution is -0.153. The summed E-state index contributed by atoms with van der Waals surface area (Å²) in [5.41, 5.74) is 0.148. The van der Waals surface area contributed by atoms with E-state index < -0.39 is 22.8 Å². The van der Waals surface area contributed by atoms with Gasteiger partial charge in [0.25, 0.3) is 0 Å². The van der Waals surface area contributed by atoms with Crippen molar-refractivity contribution in [1.82, 2.24) is 0 Å². The normalized spacial score (nSPS) is 12.3. The van der Waals surface area contributed by atoms with Crippen molar-refractivity contribution in [3.63, 3.8) is 0 Å². The second kappa shape index (κ2) is 5.51. The molecule has 0 aromatic heterocycles. The first-order chi connectivity index (χ1) is 8.07. The van der Waals surface area contributed by atoms with Gasteiger partial charge in [0.2, 0.25) is 10.0 Å². The van der Waals surface area contributed by atoms with E-state index in [0.717, 1.165) is 6.26 Å². The molecule has 18 heavy (non-hydrogen) atoms. The van der Waals surface area contributed by atoms with Crippen LogP contribution in [0.4, 0.5) is 18.9 Å². The Hall–Kier alpha value is -0.710. The first kappa shape index (κ1) is 15.3. The highest BCUT2D eigenvalue weighted by atomic mass is 127. The zero-order valence-electron chi connectivity index (χ0n) is 9.08. The van der Waals surface area contributed by atoms with Crippen LogP contribution in [0.5, 0.6) is 5.75 Å². The lowest BCUT2D eigenvalue weighted by Gasteiger charge is -2.12. The van der Waals surface area contributed by atoms with E-state index in [2.05, 4.69) is 9.46 Å². The fourth-order valence-electron chi connectivity index (χ4n) is 1.05. The van der Waals surface area contributed by atoms with Crippen LogP contribution in [0.25, 0.3) is 0 Å². The van der Waals surface area contributed by atoms with Crippen molar-refractivity contribution in [2.75, 3.05) is 17.6 Å². The minimum absolute atomic E-state index is 0.0263. The Bertz CT molecular complexity index is 530. The third-order valence-corrected chi connectivity index (χ3v) is 3.12. The Balaban J connectivity index is 2.88. The molecule has 0 radical (unpaired) electrons. The van der Waals surface area contributed by atoms with Crippen molar-refractivity contribution in [3.8, 4) is 5.75 Å². The SMILES string of the molecule is CS(=O)(=O)Nc1ccc(I)c(OCC(F)(F)F)c1. The molecule has 0 aliphatic carbocycles. The molecule has 0 heterocycles. The summed E-state index contributed by atoms with van der Waals surface area (Å²) in [6.45, 7) is -1.43. The van der Waals surface area contributed by atoms with Crippen LogP contribution >= 0.6 is 22.6 Å². The monoisotopic (exact) mass is 395 g/mol. The highest BCUT2D eigenvalue weighted by Gasteiger charge is 2.28. The Labute approximate surface area is 116 Å². The largest absolute Gasteiger partial charge is 0.483 e. The Morgan fingerprint density at radius 2 is 2.00 bits per heavy atom. The van der Waals surface area contributed by atoms with Gasteiger partial charge in [-0.15, -0.1) is 0 Å². The van der Waals surface area contributed by atoms with Crippen LogP contribution in [0.2, 0.25) is 0 Å². The summed E-state index contributed by atoms with van der Waals surface area (Å²) < 4.78 is 65.2. The molecule has 0 saturated heterocycles. The summed E-state index contributed by atoms with van der Waals surface area (Å²) in [4.78, 5) is 0. The Morgan fingerprint density at radius 3 is 2.50 bits per heavy atom. The molecule has 1 N–H and O–H groups in total. The van der Waals surface area contributed by atoms with Gasteiger partial charge in [0.05, 0.1) is 15.5 Å². The standard InChI is InChI=1S/C9H9F3INO3S/c1-18(15,16)14-6-2-3-7(13)8(4-6)17-5-9(10,11)12/h2-4,14H,5H2,1H3. The van der Waals surface area contributed by atoms with E-state index in [0.29, 0.717) is 3.57 Å². The predicted molar refractivity (Wildman–Crippen MR) is 69.2 cm³/mol. The van der Waals surface area contributed by atoms with Crippen molar-refractivity contribution in [3.05, 3.63) is 21.8 Å². The molecule has 4 nitrogen and oxygen atoms in total. The van der Waals surface area contributed by atoms with E-state index in [9.17, 15) is 21.6 Å². The van der Waals surface area contributed by atoms with E-state index in [1.807, 2.05) is 0 Å². The molecule has 0 bridgehead atoms. The molecular formula is C9H9F3INO3S. The second-order valence-corrected chi connectivity index (χ2v) is 6.33. The molecule has 9 heteroatoms. The van der Waals surface area contributed by atoms with Crippen LogP contribution in [0, 0.1) is 3.57 Å². The van der Waals surface area contributed by atoms with E-state index >= 15 is 0 Å². The zero-order valence-corrected chi connectivity index (χ0v) is 12.1. The zero-order chi connectivity index (χ0) is 14.0. The maximum Gasteiger partial charge on any atom is 0.422 e. The van der Waals surface area contributed by atoms with Crippen LogP contribution < -0.4 is 9.46 Å². The van der Waals surface area contributed by atoms with E-state index in [1.54, 1.807) is 22.6 Å². The fraction of sp³-hybridized carbons (Fsp3) is 0.333. The summed E-state index contributed by atoms with van der Waals surface area (Å²) in [5, 5.41) is 0. The second-order valence-electron chi connectivity index (χ2n) is 3.42. The number of ether oxygens (including phenoxy) is 1. The first-order valence-corrected chi connectivity index (χ1v) is 7.51. The predicted octanol–water partition coefficient (Wildman–Crippen LogP) is 2.60. The fourth-order valence-corrected chi connectivity index (χ4v) is 2.10. The molecule has 0 aliphatic heterocycles. The molecule has 0 amide bonds. The lowest BCUT2D eigenvalue weighted by atomic mass is 10.3. The van der Waals surface area contributed by atoms with Gasteiger partial charge in [-0.25, -0.2) is 8.42 Å². The molecular weight excluding hydrogens is 386 g/mol. The molecule has 0 unspecified atom stereocenters. The molecule has 102 valence electrons. The number of alkyl halides is 3. The van der Waals surface area contributed by atoms with Gasteiger partial charge in [0.1, 0.15) is 5.75 Å². The summed E-state index contributed by atoms with van der Waals surface area (Å²) in [7, 11) is -3.48. The average molecular weight is 395 g/mol. The molecule has 1 rings (SSSR count). The molecule has 0 saturated carbocycles. The van der Waals surface area contributed by atoms with Gasteiger partial charge in [-0.2, -0.15) is 13.2 Å². The van der Waals surface area contributed by atoms with Crippen LogP contribution in [0.1, 0.15) is 0 Å². The number of hydrogen-bond donors (Lipinski definition) is 1. The van der Waals surface area contributed by atoms with Crippen LogP contribution in [0.15, 0.2) is 18.2 Å². The number of hydrogen-bond acceptors (Lipinski definition) is 3. The van der Waals surface area contributed by atoms with E-state index in [1.165, 1.54) is 18.2 Å². The van der Waals surface area contributed by atoms with Gasteiger partial charge in [-0.05, 0) is 34.7 Å². The molecule has 0 aliphatic rings. The van der Waals surface area contributed by atoms with Crippen molar-refractivity contribution in [2.45, 2.75) is 6.18 Å². The smallest absolute Gasteiger partial charge is 0.422 e. The number of halogens is 4. The maximum absolute atomic E-state index is 12.0. The highest BCUT2D eigenvalue weighted by Crippen LogP contribution is 2.27. The number of sulfonamides is 1. The number of anilines is 1. The van der Waals surface area contributed by atoms with Crippen LogP contribution in [-0.2, 0) is 10.0 Å². The molecule has 0 spiro atoms. The van der Waals surface area contributed by atoms with Gasteiger partial charge in [-0.3, -0.25) is 4.72 Å². The van der Waals surface area contributed by atoms with E-state index in [4.69, 9.17) is 0 Å². The number of benzene rings is 1. The molecule has 0 atom stereocenters. The van der Waals surface area contributed by atoms with Gasteiger partial charge in [0.15, 0.2) is 6.61 Å². The van der Waals surface area contributed by atoms with Crippen molar-refractivity contribution in [2.24, 2.45) is 0 Å². The highest BCUT2D eigenvalue weighted by molar-refractivity contribution is 14.1. The van der Waals surface area contributed by atoms with Crippen molar-refractivity contribution < 1.29 is 26.3 Å². The first-order valence-electron chi connectivity index (χ1n) is 4.54. The minimum atomic E-state index is -4.44. The third kappa shape index (κ3) is 5.76. The molecule has 1 aromatic rings.